The fraction of sp³-hybridized carbons (Fsp3) is 0. The maximum Gasteiger partial charge on any atom is 0.240 e. The fourth-order valence-electron chi connectivity index (χ4n) is 8.15. The Hall–Kier alpha value is -7.63. The van der Waals surface area contributed by atoms with E-state index in [0.717, 1.165) is 71.4 Å². The van der Waals surface area contributed by atoms with E-state index in [2.05, 4.69) is 203 Å². The first-order chi connectivity index (χ1) is 27.8. The number of nitrogens with zero attached hydrogens (tertiary/aromatic N) is 5. The number of hydrogen-bond acceptors (Lipinski definition) is 3. The SMILES string of the molecule is c1ccc(-c2cccc(-c3nc(-n4c5ccccc5c5cc(-c6ccccc6)ccc54)nc(-n4c5ccccc5c5cc(-c6ccccc6)ccc54)n3)c2)cc1. The van der Waals surface area contributed by atoms with Crippen LogP contribution in [0.5, 0.6) is 0 Å². The third kappa shape index (κ3) is 5.29. The van der Waals surface area contributed by atoms with Crippen molar-refractivity contribution < 1.29 is 0 Å². The molecule has 56 heavy (non-hydrogen) atoms. The maximum atomic E-state index is 5.39. The summed E-state index contributed by atoms with van der Waals surface area (Å²) in [6.07, 6.45) is 0. The molecule has 0 saturated heterocycles. The summed E-state index contributed by atoms with van der Waals surface area (Å²) in [5, 5.41) is 4.56. The van der Waals surface area contributed by atoms with Crippen LogP contribution in [0.2, 0.25) is 0 Å². The second-order valence-corrected chi connectivity index (χ2v) is 14.1. The average Bonchev–Trinajstić information content (AvgIpc) is 3.79. The van der Waals surface area contributed by atoms with Gasteiger partial charge in [-0.15, -0.1) is 0 Å². The third-order valence-corrected chi connectivity index (χ3v) is 10.8. The van der Waals surface area contributed by atoms with Crippen LogP contribution in [0.3, 0.4) is 0 Å². The quantitative estimate of drug-likeness (QED) is 0.172. The molecule has 11 aromatic rings. The predicted molar refractivity (Wildman–Crippen MR) is 230 cm³/mol. The van der Waals surface area contributed by atoms with E-state index in [0.29, 0.717) is 17.7 Å². The molecule has 0 unspecified atom stereocenters. The van der Waals surface area contributed by atoms with Gasteiger partial charge in [-0.1, -0.05) is 158 Å². The Balaban J connectivity index is 1.19. The minimum Gasteiger partial charge on any atom is -0.278 e. The minimum atomic E-state index is 0.556. The second-order valence-electron chi connectivity index (χ2n) is 14.1. The minimum absolute atomic E-state index is 0.556. The molecule has 0 radical (unpaired) electrons. The van der Waals surface area contributed by atoms with Crippen LogP contribution in [-0.2, 0) is 0 Å². The highest BCUT2D eigenvalue weighted by atomic mass is 15.3. The lowest BCUT2D eigenvalue weighted by atomic mass is 10.0. The molecule has 11 rings (SSSR count). The van der Waals surface area contributed by atoms with E-state index in [-0.39, 0.29) is 0 Å². The van der Waals surface area contributed by atoms with E-state index in [1.54, 1.807) is 0 Å². The summed E-state index contributed by atoms with van der Waals surface area (Å²) in [6.45, 7) is 0. The number of rotatable bonds is 6. The van der Waals surface area contributed by atoms with Gasteiger partial charge < -0.3 is 0 Å². The molecule has 262 valence electrons. The first kappa shape index (κ1) is 31.9. The molecule has 8 aromatic carbocycles. The summed E-state index contributed by atoms with van der Waals surface area (Å²) in [5.41, 5.74) is 11.9. The molecular formula is C51H33N5. The molecule has 0 saturated carbocycles. The number of hydrogen-bond donors (Lipinski definition) is 0. The summed E-state index contributed by atoms with van der Waals surface area (Å²) in [5.74, 6) is 1.71. The van der Waals surface area contributed by atoms with Crippen LogP contribution < -0.4 is 0 Å². The molecule has 5 nitrogen and oxygen atoms in total. The fourth-order valence-corrected chi connectivity index (χ4v) is 8.15. The molecule has 0 N–H and O–H groups in total. The first-order valence-electron chi connectivity index (χ1n) is 18.9. The Morgan fingerprint density at radius 3 is 1.11 bits per heavy atom. The summed E-state index contributed by atoms with van der Waals surface area (Å²) in [4.78, 5) is 16.0. The lowest BCUT2D eigenvalue weighted by Crippen LogP contribution is -2.10. The normalized spacial score (nSPS) is 11.6. The van der Waals surface area contributed by atoms with Crippen molar-refractivity contribution in [2.75, 3.05) is 0 Å². The Morgan fingerprint density at radius 1 is 0.250 bits per heavy atom. The third-order valence-electron chi connectivity index (χ3n) is 10.8. The van der Waals surface area contributed by atoms with Gasteiger partial charge in [0.15, 0.2) is 5.82 Å². The molecule has 0 spiro atoms. The number of fused-ring (bicyclic) bond motifs is 6. The second kappa shape index (κ2) is 13.0. The largest absolute Gasteiger partial charge is 0.278 e. The van der Waals surface area contributed by atoms with Gasteiger partial charge in [0.25, 0.3) is 0 Å². The molecule has 3 aromatic heterocycles. The van der Waals surface area contributed by atoms with Crippen molar-refractivity contribution in [3.63, 3.8) is 0 Å². The highest BCUT2D eigenvalue weighted by Gasteiger charge is 2.21. The highest BCUT2D eigenvalue weighted by Crippen LogP contribution is 2.37. The Labute approximate surface area is 323 Å². The number of benzene rings is 8. The van der Waals surface area contributed by atoms with Crippen molar-refractivity contribution in [3.05, 3.63) is 200 Å². The van der Waals surface area contributed by atoms with Gasteiger partial charge in [0.05, 0.1) is 22.1 Å². The van der Waals surface area contributed by atoms with E-state index in [1.165, 1.54) is 11.1 Å². The van der Waals surface area contributed by atoms with Crippen molar-refractivity contribution in [3.8, 4) is 56.7 Å². The number of aromatic nitrogens is 5. The Bertz CT molecular complexity index is 3060. The Morgan fingerprint density at radius 2 is 0.625 bits per heavy atom. The van der Waals surface area contributed by atoms with Gasteiger partial charge in [-0.2, -0.15) is 15.0 Å². The molecule has 0 fully saturated rings. The van der Waals surface area contributed by atoms with E-state index in [1.807, 2.05) is 6.07 Å². The molecule has 0 amide bonds. The van der Waals surface area contributed by atoms with Crippen LogP contribution in [-0.4, -0.2) is 24.1 Å². The van der Waals surface area contributed by atoms with E-state index in [4.69, 9.17) is 15.0 Å². The van der Waals surface area contributed by atoms with Crippen molar-refractivity contribution in [2.24, 2.45) is 0 Å². The van der Waals surface area contributed by atoms with Crippen LogP contribution in [0.15, 0.2) is 200 Å². The van der Waals surface area contributed by atoms with Crippen molar-refractivity contribution in [2.45, 2.75) is 0 Å². The van der Waals surface area contributed by atoms with Gasteiger partial charge in [0, 0.05) is 27.1 Å². The van der Waals surface area contributed by atoms with Crippen LogP contribution in [0.1, 0.15) is 0 Å². The molecule has 0 bridgehead atoms. The topological polar surface area (TPSA) is 48.5 Å². The van der Waals surface area contributed by atoms with Gasteiger partial charge in [-0.25, -0.2) is 0 Å². The van der Waals surface area contributed by atoms with Crippen LogP contribution in [0, 0.1) is 0 Å². The summed E-state index contributed by atoms with van der Waals surface area (Å²) in [6, 6.07) is 70.4. The average molecular weight is 716 g/mol. The van der Waals surface area contributed by atoms with Crippen molar-refractivity contribution in [1.82, 2.24) is 24.1 Å². The van der Waals surface area contributed by atoms with Crippen molar-refractivity contribution in [1.29, 1.82) is 0 Å². The zero-order valence-electron chi connectivity index (χ0n) is 30.3. The zero-order chi connectivity index (χ0) is 37.0. The molecule has 0 aliphatic rings. The monoisotopic (exact) mass is 715 g/mol. The van der Waals surface area contributed by atoms with E-state index >= 15 is 0 Å². The molecule has 0 aliphatic carbocycles. The molecule has 0 atom stereocenters. The molecule has 5 heteroatoms. The number of para-hydroxylation sites is 2. The van der Waals surface area contributed by atoms with E-state index in [9.17, 15) is 0 Å². The molecular weight excluding hydrogens is 683 g/mol. The first-order valence-corrected chi connectivity index (χ1v) is 18.9. The van der Waals surface area contributed by atoms with Gasteiger partial charge in [-0.3, -0.25) is 9.13 Å². The standard InChI is InChI=1S/C51H33N5/c1-4-15-34(16-5-1)37-21-14-22-40(31-37)49-52-50(55-45-25-12-10-23-41(45)43-32-38(27-29-47(43)55)35-17-6-2-7-18-35)54-51(53-49)56-46-26-13-11-24-42(46)44-33-39(28-30-48(44)56)36-19-8-3-9-20-36/h1-33H. The van der Waals surface area contributed by atoms with Crippen molar-refractivity contribution >= 4 is 43.6 Å². The highest BCUT2D eigenvalue weighted by molar-refractivity contribution is 6.11. The molecule has 0 aliphatic heterocycles. The predicted octanol–water partition coefficient (Wildman–Crippen LogP) is 12.7. The lowest BCUT2D eigenvalue weighted by Gasteiger charge is -2.13. The summed E-state index contributed by atoms with van der Waals surface area (Å²) in [7, 11) is 0. The van der Waals surface area contributed by atoms with Gasteiger partial charge in [0.1, 0.15) is 0 Å². The van der Waals surface area contributed by atoms with Gasteiger partial charge >= 0.3 is 0 Å². The van der Waals surface area contributed by atoms with Crippen LogP contribution in [0.4, 0.5) is 0 Å². The lowest BCUT2D eigenvalue weighted by molar-refractivity contribution is 0.893. The Kier molecular flexibility index (Phi) is 7.42. The van der Waals surface area contributed by atoms with Crippen LogP contribution >= 0.6 is 0 Å². The van der Waals surface area contributed by atoms with E-state index < -0.39 is 0 Å². The van der Waals surface area contributed by atoms with Gasteiger partial charge in [0.2, 0.25) is 11.9 Å². The molecule has 3 heterocycles. The maximum absolute atomic E-state index is 5.39. The summed E-state index contributed by atoms with van der Waals surface area (Å²) >= 11 is 0. The smallest absolute Gasteiger partial charge is 0.240 e. The van der Waals surface area contributed by atoms with Crippen LogP contribution in [0.25, 0.3) is 100 Å². The summed E-state index contributed by atoms with van der Waals surface area (Å²) < 4.78 is 4.38. The van der Waals surface area contributed by atoms with Gasteiger partial charge in [-0.05, 0) is 75.8 Å². The zero-order valence-corrected chi connectivity index (χ0v) is 30.3.